The van der Waals surface area contributed by atoms with E-state index >= 15 is 0 Å². The lowest BCUT2D eigenvalue weighted by Gasteiger charge is -2.23. The number of nitrogen functional groups attached to an aromatic ring is 1. The van der Waals surface area contributed by atoms with Gasteiger partial charge in [-0.1, -0.05) is 0 Å². The van der Waals surface area contributed by atoms with E-state index in [2.05, 4.69) is 4.98 Å². The number of rotatable bonds is 3. The van der Waals surface area contributed by atoms with E-state index in [9.17, 15) is 0 Å². The maximum atomic E-state index is 6.05. The van der Waals surface area contributed by atoms with E-state index in [0.29, 0.717) is 11.7 Å². The van der Waals surface area contributed by atoms with Crippen LogP contribution in [0.4, 0.5) is 5.82 Å². The molecule has 4 nitrogen and oxygen atoms in total. The van der Waals surface area contributed by atoms with Crippen molar-refractivity contribution >= 4 is 5.82 Å². The summed E-state index contributed by atoms with van der Waals surface area (Å²) in [7, 11) is 0. The van der Waals surface area contributed by atoms with Gasteiger partial charge in [-0.05, 0) is 31.4 Å². The van der Waals surface area contributed by atoms with E-state index in [1.165, 1.54) is 0 Å². The molecule has 4 heteroatoms. The third kappa shape index (κ3) is 1.73. The van der Waals surface area contributed by atoms with Crippen LogP contribution in [-0.4, -0.2) is 23.8 Å². The monoisotopic (exact) mass is 220 g/mol. The lowest BCUT2D eigenvalue weighted by molar-refractivity contribution is 0.0912. The highest BCUT2D eigenvalue weighted by atomic mass is 16.5. The molecule has 1 atom stereocenters. The largest absolute Gasteiger partial charge is 0.485 e. The zero-order valence-electron chi connectivity index (χ0n) is 9.19. The fourth-order valence-electron chi connectivity index (χ4n) is 2.35. The fraction of sp³-hybridized carbons (Fsp3) is 0.583. The first-order valence-corrected chi connectivity index (χ1v) is 5.77. The summed E-state index contributed by atoms with van der Waals surface area (Å²) in [5.74, 6) is 1.89. The van der Waals surface area contributed by atoms with Crippen LogP contribution in [0, 0.1) is 5.92 Å². The summed E-state index contributed by atoms with van der Waals surface area (Å²) in [6, 6.07) is 3.66. The predicted molar refractivity (Wildman–Crippen MR) is 60.2 cm³/mol. The molecule has 3 rings (SSSR count). The average Bonchev–Trinajstić information content (AvgIpc) is 2.86. The number of hydrogen-bond acceptors (Lipinski definition) is 4. The number of hydrogen-bond donors (Lipinski definition) is 1. The highest BCUT2D eigenvalue weighted by Crippen LogP contribution is 2.48. The van der Waals surface area contributed by atoms with Crippen molar-refractivity contribution in [2.75, 3.05) is 18.9 Å². The standard InChI is InChI=1S/C12H16N2O2/c13-11-2-1-10(7-14-11)16-12(4-5-12)9-3-6-15-8-9/h1-2,7,9H,3-6,8H2,(H2,13,14). The molecule has 2 heterocycles. The minimum Gasteiger partial charge on any atom is -0.485 e. The molecule has 1 unspecified atom stereocenters. The Morgan fingerprint density at radius 2 is 2.31 bits per heavy atom. The second kappa shape index (κ2) is 3.63. The molecule has 0 aromatic carbocycles. The second-order valence-corrected chi connectivity index (χ2v) is 4.65. The number of ether oxygens (including phenoxy) is 2. The van der Waals surface area contributed by atoms with Crippen molar-refractivity contribution in [2.45, 2.75) is 24.9 Å². The number of aromatic nitrogens is 1. The van der Waals surface area contributed by atoms with Gasteiger partial charge in [-0.2, -0.15) is 0 Å². The van der Waals surface area contributed by atoms with Crippen molar-refractivity contribution in [2.24, 2.45) is 5.92 Å². The number of anilines is 1. The molecule has 1 aromatic rings. The van der Waals surface area contributed by atoms with E-state index in [-0.39, 0.29) is 5.60 Å². The smallest absolute Gasteiger partial charge is 0.138 e. The molecule has 0 radical (unpaired) electrons. The topological polar surface area (TPSA) is 57.4 Å². The fourth-order valence-corrected chi connectivity index (χ4v) is 2.35. The molecular formula is C12H16N2O2. The Hall–Kier alpha value is -1.29. The Bertz CT molecular complexity index is 367. The lowest BCUT2D eigenvalue weighted by atomic mass is 9.99. The molecule has 0 bridgehead atoms. The van der Waals surface area contributed by atoms with Gasteiger partial charge >= 0.3 is 0 Å². The highest BCUT2D eigenvalue weighted by molar-refractivity contribution is 5.33. The van der Waals surface area contributed by atoms with E-state index in [1.54, 1.807) is 12.3 Å². The predicted octanol–water partition coefficient (Wildman–Crippen LogP) is 1.61. The minimum atomic E-state index is 0.0221. The lowest BCUT2D eigenvalue weighted by Crippen LogP contribution is -2.29. The van der Waals surface area contributed by atoms with Crippen molar-refractivity contribution in [3.8, 4) is 5.75 Å². The molecule has 2 fully saturated rings. The summed E-state index contributed by atoms with van der Waals surface area (Å²) in [4.78, 5) is 4.04. The van der Waals surface area contributed by atoms with Gasteiger partial charge in [-0.25, -0.2) is 4.98 Å². The summed E-state index contributed by atoms with van der Waals surface area (Å²) < 4.78 is 11.5. The van der Waals surface area contributed by atoms with Gasteiger partial charge in [0.2, 0.25) is 0 Å². The van der Waals surface area contributed by atoms with Crippen molar-refractivity contribution in [3.63, 3.8) is 0 Å². The molecule has 2 aliphatic rings. The average molecular weight is 220 g/mol. The van der Waals surface area contributed by atoms with Crippen LogP contribution in [0.2, 0.25) is 0 Å². The zero-order valence-corrected chi connectivity index (χ0v) is 9.19. The Labute approximate surface area is 94.8 Å². The van der Waals surface area contributed by atoms with Crippen LogP contribution < -0.4 is 10.5 Å². The molecule has 1 aliphatic heterocycles. The zero-order chi connectivity index (χ0) is 11.0. The molecular weight excluding hydrogens is 204 g/mol. The number of nitrogens with two attached hydrogens (primary N) is 1. The normalized spacial score (nSPS) is 26.6. The first-order valence-electron chi connectivity index (χ1n) is 5.77. The molecule has 1 saturated carbocycles. The molecule has 2 N–H and O–H groups in total. The van der Waals surface area contributed by atoms with Gasteiger partial charge in [0.1, 0.15) is 17.2 Å². The van der Waals surface area contributed by atoms with Crippen molar-refractivity contribution < 1.29 is 9.47 Å². The second-order valence-electron chi connectivity index (χ2n) is 4.65. The van der Waals surface area contributed by atoms with Gasteiger partial charge in [0.15, 0.2) is 0 Å². The molecule has 16 heavy (non-hydrogen) atoms. The summed E-state index contributed by atoms with van der Waals surface area (Å²) >= 11 is 0. The summed E-state index contributed by atoms with van der Waals surface area (Å²) in [6.07, 6.45) is 5.07. The quantitative estimate of drug-likeness (QED) is 0.840. The molecule has 1 saturated heterocycles. The van der Waals surface area contributed by atoms with E-state index in [4.69, 9.17) is 15.2 Å². The van der Waals surface area contributed by atoms with Gasteiger partial charge in [0.25, 0.3) is 0 Å². The maximum absolute atomic E-state index is 6.05. The summed E-state index contributed by atoms with van der Waals surface area (Å²) in [6.45, 7) is 1.71. The van der Waals surface area contributed by atoms with Gasteiger partial charge in [-0.15, -0.1) is 0 Å². The molecule has 0 amide bonds. The van der Waals surface area contributed by atoms with Crippen LogP contribution >= 0.6 is 0 Å². The van der Waals surface area contributed by atoms with E-state index < -0.39 is 0 Å². The Morgan fingerprint density at radius 1 is 1.44 bits per heavy atom. The third-order valence-corrected chi connectivity index (χ3v) is 3.50. The van der Waals surface area contributed by atoms with Crippen molar-refractivity contribution in [1.29, 1.82) is 0 Å². The summed E-state index contributed by atoms with van der Waals surface area (Å²) in [5.41, 5.74) is 5.56. The Balaban J connectivity index is 1.71. The SMILES string of the molecule is Nc1ccc(OC2(C3CCOC3)CC2)cn1. The molecule has 86 valence electrons. The molecule has 1 aromatic heterocycles. The molecule has 1 aliphatic carbocycles. The molecule has 0 spiro atoms. The van der Waals surface area contributed by atoms with Gasteiger partial charge in [0, 0.05) is 12.5 Å². The van der Waals surface area contributed by atoms with Crippen LogP contribution in [0.25, 0.3) is 0 Å². The van der Waals surface area contributed by atoms with E-state index in [1.807, 2.05) is 6.07 Å². The van der Waals surface area contributed by atoms with E-state index in [0.717, 1.165) is 38.2 Å². The maximum Gasteiger partial charge on any atom is 0.138 e. The Morgan fingerprint density at radius 3 is 2.88 bits per heavy atom. The van der Waals surface area contributed by atoms with Gasteiger partial charge in [-0.3, -0.25) is 0 Å². The van der Waals surface area contributed by atoms with Crippen molar-refractivity contribution in [1.82, 2.24) is 4.98 Å². The first-order chi connectivity index (χ1) is 7.78. The number of nitrogens with zero attached hydrogens (tertiary/aromatic N) is 1. The summed E-state index contributed by atoms with van der Waals surface area (Å²) in [5, 5.41) is 0. The van der Waals surface area contributed by atoms with Crippen LogP contribution in [0.15, 0.2) is 18.3 Å². The highest BCUT2D eigenvalue weighted by Gasteiger charge is 2.53. The number of pyridine rings is 1. The Kier molecular flexibility index (Phi) is 2.24. The van der Waals surface area contributed by atoms with Crippen LogP contribution in [-0.2, 0) is 4.74 Å². The van der Waals surface area contributed by atoms with Crippen molar-refractivity contribution in [3.05, 3.63) is 18.3 Å². The minimum absolute atomic E-state index is 0.0221. The van der Waals surface area contributed by atoms with Gasteiger partial charge < -0.3 is 15.2 Å². The third-order valence-electron chi connectivity index (χ3n) is 3.50. The first kappa shape index (κ1) is 9.90. The van der Waals surface area contributed by atoms with Gasteiger partial charge in [0.05, 0.1) is 12.8 Å². The van der Waals surface area contributed by atoms with Crippen LogP contribution in [0.1, 0.15) is 19.3 Å². The van der Waals surface area contributed by atoms with Crippen LogP contribution in [0.5, 0.6) is 5.75 Å². The van der Waals surface area contributed by atoms with Crippen LogP contribution in [0.3, 0.4) is 0 Å².